The molecule has 0 saturated carbocycles. The summed E-state index contributed by atoms with van der Waals surface area (Å²) in [5.74, 6) is 0.756. The van der Waals surface area contributed by atoms with Crippen LogP contribution >= 0.6 is 34.3 Å². The van der Waals surface area contributed by atoms with Gasteiger partial charge in [0.2, 0.25) is 0 Å². The molecule has 0 saturated heterocycles. The summed E-state index contributed by atoms with van der Waals surface area (Å²) in [5, 5.41) is 2.12. The van der Waals surface area contributed by atoms with Crippen molar-refractivity contribution < 1.29 is 0 Å². The Bertz CT molecular complexity index is 376. The lowest BCUT2D eigenvalue weighted by Gasteiger charge is -1.91. The Hall–Kier alpha value is -0.310. The highest BCUT2D eigenvalue weighted by Crippen LogP contribution is 2.31. The van der Waals surface area contributed by atoms with Crippen molar-refractivity contribution in [3.8, 4) is 9.75 Å². The second-order valence-corrected chi connectivity index (χ2v) is 5.53. The molecule has 0 aliphatic rings. The number of aryl methyl sites for hydroxylation is 1. The fraction of sp³-hybridized carbons (Fsp3) is 0.273. The van der Waals surface area contributed by atoms with Gasteiger partial charge >= 0.3 is 0 Å². The molecule has 0 aromatic carbocycles. The van der Waals surface area contributed by atoms with Gasteiger partial charge in [-0.1, -0.05) is 6.07 Å². The number of hydrogen-bond donors (Lipinski definition) is 0. The van der Waals surface area contributed by atoms with E-state index >= 15 is 0 Å². The van der Waals surface area contributed by atoms with Gasteiger partial charge in [-0.25, -0.2) is 0 Å². The van der Waals surface area contributed by atoms with Crippen molar-refractivity contribution in [3.63, 3.8) is 0 Å². The molecule has 2 aromatic heterocycles. The average molecular weight is 243 g/mol. The highest BCUT2D eigenvalue weighted by molar-refractivity contribution is 7.21. The van der Waals surface area contributed by atoms with Crippen LogP contribution in [0.15, 0.2) is 29.6 Å². The Balaban J connectivity index is 2.10. The molecule has 0 spiro atoms. The Morgan fingerprint density at radius 2 is 2.07 bits per heavy atom. The van der Waals surface area contributed by atoms with Crippen LogP contribution in [0.4, 0.5) is 0 Å². The van der Waals surface area contributed by atoms with Gasteiger partial charge in [0.1, 0.15) is 0 Å². The summed E-state index contributed by atoms with van der Waals surface area (Å²) in [6.07, 6.45) is 2.19. The number of hydrogen-bond acceptors (Lipinski definition) is 2. The maximum Gasteiger partial charge on any atom is 0.0445 e. The molecule has 0 nitrogen and oxygen atoms in total. The van der Waals surface area contributed by atoms with Gasteiger partial charge in [-0.15, -0.1) is 34.3 Å². The lowest BCUT2D eigenvalue weighted by atomic mass is 10.3. The number of alkyl halides is 1. The quantitative estimate of drug-likeness (QED) is 0.685. The van der Waals surface area contributed by atoms with Gasteiger partial charge < -0.3 is 0 Å². The predicted octanol–water partition coefficient (Wildman–Crippen LogP) is 4.65. The van der Waals surface area contributed by atoms with E-state index in [1.165, 1.54) is 14.6 Å². The van der Waals surface area contributed by atoms with Crippen molar-refractivity contribution in [2.24, 2.45) is 0 Å². The predicted molar refractivity (Wildman–Crippen MR) is 66.7 cm³/mol. The standard InChI is InChI=1S/C11H11ClS2/c12-7-1-3-9-5-6-11(14-9)10-4-2-8-13-10/h2,4-6,8H,1,3,7H2. The van der Waals surface area contributed by atoms with Gasteiger partial charge in [-0.3, -0.25) is 0 Å². The fourth-order valence-corrected chi connectivity index (χ4v) is 3.32. The maximum atomic E-state index is 5.66. The zero-order valence-electron chi connectivity index (χ0n) is 7.70. The Kier molecular flexibility index (Phi) is 3.62. The first kappa shape index (κ1) is 10.2. The summed E-state index contributed by atoms with van der Waals surface area (Å²) < 4.78 is 0. The van der Waals surface area contributed by atoms with E-state index in [0.717, 1.165) is 18.7 Å². The normalized spacial score (nSPS) is 10.6. The highest BCUT2D eigenvalue weighted by atomic mass is 35.5. The van der Waals surface area contributed by atoms with Gasteiger partial charge in [0.15, 0.2) is 0 Å². The van der Waals surface area contributed by atoms with Crippen LogP contribution in [-0.4, -0.2) is 5.88 Å². The molecule has 0 aliphatic heterocycles. The molecular formula is C11H11ClS2. The van der Waals surface area contributed by atoms with Crippen LogP contribution in [0.25, 0.3) is 9.75 Å². The van der Waals surface area contributed by atoms with E-state index in [1.807, 2.05) is 11.3 Å². The van der Waals surface area contributed by atoms with Gasteiger partial charge in [0, 0.05) is 20.5 Å². The number of thiophene rings is 2. The summed E-state index contributed by atoms with van der Waals surface area (Å²) in [7, 11) is 0. The molecule has 0 fully saturated rings. The van der Waals surface area contributed by atoms with Gasteiger partial charge in [0.05, 0.1) is 0 Å². The van der Waals surface area contributed by atoms with E-state index in [2.05, 4.69) is 29.6 Å². The molecule has 0 atom stereocenters. The van der Waals surface area contributed by atoms with Gasteiger partial charge in [-0.05, 0) is 36.4 Å². The van der Waals surface area contributed by atoms with Crippen molar-refractivity contribution in [3.05, 3.63) is 34.5 Å². The molecule has 3 heteroatoms. The van der Waals surface area contributed by atoms with Crippen molar-refractivity contribution in [2.45, 2.75) is 12.8 Å². The lowest BCUT2D eigenvalue weighted by molar-refractivity contribution is 0.947. The van der Waals surface area contributed by atoms with Gasteiger partial charge in [-0.2, -0.15) is 0 Å². The molecule has 2 rings (SSSR count). The largest absolute Gasteiger partial charge is 0.143 e. The third-order valence-electron chi connectivity index (χ3n) is 1.98. The van der Waals surface area contributed by atoms with Crippen LogP contribution in [-0.2, 0) is 6.42 Å². The van der Waals surface area contributed by atoms with Crippen LogP contribution in [0.3, 0.4) is 0 Å². The molecular weight excluding hydrogens is 232 g/mol. The fourth-order valence-electron chi connectivity index (χ4n) is 1.30. The zero-order chi connectivity index (χ0) is 9.80. The first-order valence-corrected chi connectivity index (χ1v) is 6.82. The van der Waals surface area contributed by atoms with Crippen molar-refractivity contribution in [1.82, 2.24) is 0 Å². The summed E-state index contributed by atoms with van der Waals surface area (Å²) >= 11 is 9.34. The Morgan fingerprint density at radius 1 is 1.14 bits per heavy atom. The summed E-state index contributed by atoms with van der Waals surface area (Å²) in [6, 6.07) is 8.69. The molecule has 0 aliphatic carbocycles. The third-order valence-corrected chi connectivity index (χ3v) is 4.46. The number of rotatable bonds is 4. The molecule has 2 aromatic rings. The second-order valence-electron chi connectivity index (χ2n) is 3.04. The molecule has 14 heavy (non-hydrogen) atoms. The first-order valence-electron chi connectivity index (χ1n) is 4.58. The topological polar surface area (TPSA) is 0 Å². The Labute approximate surface area is 97.2 Å². The van der Waals surface area contributed by atoms with E-state index in [9.17, 15) is 0 Å². The molecule has 0 amide bonds. The van der Waals surface area contributed by atoms with Crippen LogP contribution < -0.4 is 0 Å². The minimum Gasteiger partial charge on any atom is -0.143 e. The molecule has 74 valence electrons. The molecule has 0 radical (unpaired) electrons. The van der Waals surface area contributed by atoms with E-state index < -0.39 is 0 Å². The van der Waals surface area contributed by atoms with Crippen LogP contribution in [0, 0.1) is 0 Å². The van der Waals surface area contributed by atoms with Crippen molar-refractivity contribution >= 4 is 34.3 Å². The van der Waals surface area contributed by atoms with E-state index in [4.69, 9.17) is 11.6 Å². The van der Waals surface area contributed by atoms with Gasteiger partial charge in [0.25, 0.3) is 0 Å². The summed E-state index contributed by atoms with van der Waals surface area (Å²) in [4.78, 5) is 4.19. The van der Waals surface area contributed by atoms with E-state index in [-0.39, 0.29) is 0 Å². The van der Waals surface area contributed by atoms with E-state index in [1.54, 1.807) is 11.3 Å². The number of halogens is 1. The van der Waals surface area contributed by atoms with Crippen LogP contribution in [0.2, 0.25) is 0 Å². The molecule has 0 unspecified atom stereocenters. The molecule has 0 bridgehead atoms. The third kappa shape index (κ3) is 2.38. The zero-order valence-corrected chi connectivity index (χ0v) is 10.1. The van der Waals surface area contributed by atoms with Crippen molar-refractivity contribution in [2.75, 3.05) is 5.88 Å². The first-order chi connectivity index (χ1) is 6.90. The summed E-state index contributed by atoms with van der Waals surface area (Å²) in [5.41, 5.74) is 0. The van der Waals surface area contributed by atoms with Crippen molar-refractivity contribution in [1.29, 1.82) is 0 Å². The minimum atomic E-state index is 0.756. The smallest absolute Gasteiger partial charge is 0.0445 e. The van der Waals surface area contributed by atoms with Crippen LogP contribution in [0.1, 0.15) is 11.3 Å². The monoisotopic (exact) mass is 242 g/mol. The Morgan fingerprint density at radius 3 is 2.79 bits per heavy atom. The minimum absolute atomic E-state index is 0.756. The lowest BCUT2D eigenvalue weighted by Crippen LogP contribution is -1.79. The average Bonchev–Trinajstić information content (AvgIpc) is 2.85. The van der Waals surface area contributed by atoms with E-state index in [0.29, 0.717) is 0 Å². The summed E-state index contributed by atoms with van der Waals surface area (Å²) in [6.45, 7) is 0. The highest BCUT2D eigenvalue weighted by Gasteiger charge is 2.02. The van der Waals surface area contributed by atoms with Crippen LogP contribution in [0.5, 0.6) is 0 Å². The molecule has 2 heterocycles. The SMILES string of the molecule is ClCCCc1ccc(-c2cccs2)s1. The maximum absolute atomic E-state index is 5.66. The molecule has 0 N–H and O–H groups in total. The second kappa shape index (κ2) is 4.96.